The molecule has 1 N–H and O–H groups in total. The molecule has 0 amide bonds. The number of aliphatic hydroxyl groups is 1. The molecule has 0 unspecified atom stereocenters. The third-order valence-electron chi connectivity index (χ3n) is 4.50. The molecule has 0 heterocycles. The summed E-state index contributed by atoms with van der Waals surface area (Å²) in [6.07, 6.45) is -0.584. The summed E-state index contributed by atoms with van der Waals surface area (Å²) in [6, 6.07) is 13.9. The van der Waals surface area contributed by atoms with Gasteiger partial charge in [0.15, 0.2) is 0 Å². The van der Waals surface area contributed by atoms with Gasteiger partial charge in [-0.3, -0.25) is 4.90 Å². The van der Waals surface area contributed by atoms with Crippen molar-refractivity contribution in [1.82, 2.24) is 4.90 Å². The third-order valence-corrected chi connectivity index (χ3v) is 4.50. The number of rotatable bonds is 10. The average molecular weight is 373 g/mol. The Morgan fingerprint density at radius 3 is 2.19 bits per heavy atom. The van der Waals surface area contributed by atoms with Crippen molar-refractivity contribution in [1.29, 1.82) is 0 Å². The second-order valence-corrected chi connectivity index (χ2v) is 6.97. The molecule has 5 nitrogen and oxygen atoms in total. The predicted octanol–water partition coefficient (Wildman–Crippen LogP) is 3.66. The van der Waals surface area contributed by atoms with Crippen molar-refractivity contribution in [3.05, 3.63) is 53.6 Å². The Bertz CT molecular complexity index is 695. The molecule has 148 valence electrons. The van der Waals surface area contributed by atoms with Crippen LogP contribution >= 0.6 is 0 Å². The lowest BCUT2D eigenvalue weighted by molar-refractivity contribution is 0.0541. The van der Waals surface area contributed by atoms with Crippen molar-refractivity contribution in [2.45, 2.75) is 39.5 Å². The normalized spacial score (nSPS) is 12.3. The highest BCUT2D eigenvalue weighted by atomic mass is 16.5. The summed E-state index contributed by atoms with van der Waals surface area (Å²) in [5, 5.41) is 10.5. The fourth-order valence-corrected chi connectivity index (χ4v) is 2.88. The van der Waals surface area contributed by atoms with Crippen molar-refractivity contribution in [3.63, 3.8) is 0 Å². The monoisotopic (exact) mass is 373 g/mol. The van der Waals surface area contributed by atoms with E-state index < -0.39 is 6.10 Å². The number of benzene rings is 2. The Balaban J connectivity index is 1.99. The first-order chi connectivity index (χ1) is 12.9. The minimum Gasteiger partial charge on any atom is -0.497 e. The van der Waals surface area contributed by atoms with E-state index in [1.54, 1.807) is 14.2 Å². The van der Waals surface area contributed by atoms with Crippen LogP contribution in [0, 0.1) is 6.92 Å². The molecule has 0 aliphatic carbocycles. The number of nitrogens with zero attached hydrogens (tertiary/aromatic N) is 1. The molecule has 0 bridgehead atoms. The second kappa shape index (κ2) is 10.2. The van der Waals surface area contributed by atoms with Crippen LogP contribution in [0.1, 0.15) is 25.0 Å². The molecule has 0 fully saturated rings. The molecular weight excluding hydrogens is 342 g/mol. The van der Waals surface area contributed by atoms with Gasteiger partial charge in [0.2, 0.25) is 0 Å². The molecule has 2 aromatic carbocycles. The number of aryl methyl sites for hydroxylation is 1. The topological polar surface area (TPSA) is 51.2 Å². The molecule has 2 rings (SSSR count). The zero-order valence-electron chi connectivity index (χ0n) is 16.9. The summed E-state index contributed by atoms with van der Waals surface area (Å²) in [5.74, 6) is 2.33. The molecule has 0 aliphatic heterocycles. The maximum Gasteiger partial charge on any atom is 0.122 e. The Morgan fingerprint density at radius 2 is 1.63 bits per heavy atom. The second-order valence-electron chi connectivity index (χ2n) is 6.97. The van der Waals surface area contributed by atoms with Crippen molar-refractivity contribution < 1.29 is 19.3 Å². The molecule has 0 spiro atoms. The van der Waals surface area contributed by atoms with Crippen LogP contribution in [0.4, 0.5) is 0 Å². The lowest BCUT2D eigenvalue weighted by atomic mass is 10.1. The quantitative estimate of drug-likeness (QED) is 0.689. The Morgan fingerprint density at radius 1 is 1.00 bits per heavy atom. The van der Waals surface area contributed by atoms with E-state index in [1.807, 2.05) is 49.4 Å². The van der Waals surface area contributed by atoms with Gasteiger partial charge in [-0.25, -0.2) is 0 Å². The molecule has 27 heavy (non-hydrogen) atoms. The molecule has 2 aromatic rings. The minimum atomic E-state index is -0.584. The molecule has 0 saturated carbocycles. The zero-order valence-corrected chi connectivity index (χ0v) is 16.9. The molecule has 0 aliphatic rings. The van der Waals surface area contributed by atoms with Crippen LogP contribution in [0.25, 0.3) is 0 Å². The van der Waals surface area contributed by atoms with Gasteiger partial charge in [0, 0.05) is 25.2 Å². The first-order valence-corrected chi connectivity index (χ1v) is 9.25. The summed E-state index contributed by atoms with van der Waals surface area (Å²) in [6.45, 7) is 7.70. The van der Waals surface area contributed by atoms with Crippen LogP contribution in [-0.4, -0.2) is 49.5 Å². The molecule has 5 heteroatoms. The van der Waals surface area contributed by atoms with Crippen LogP contribution in [0.5, 0.6) is 17.2 Å². The largest absolute Gasteiger partial charge is 0.497 e. The predicted molar refractivity (Wildman–Crippen MR) is 108 cm³/mol. The summed E-state index contributed by atoms with van der Waals surface area (Å²) >= 11 is 0. The fourth-order valence-electron chi connectivity index (χ4n) is 2.88. The van der Waals surface area contributed by atoms with Crippen molar-refractivity contribution >= 4 is 0 Å². The van der Waals surface area contributed by atoms with E-state index in [0.29, 0.717) is 13.1 Å². The number of hydrogen-bond donors (Lipinski definition) is 1. The van der Waals surface area contributed by atoms with Crippen molar-refractivity contribution in [3.8, 4) is 17.2 Å². The average Bonchev–Trinajstić information content (AvgIpc) is 2.66. The summed E-state index contributed by atoms with van der Waals surface area (Å²) in [5.41, 5.74) is 2.14. The lowest BCUT2D eigenvalue weighted by Gasteiger charge is -2.29. The van der Waals surface area contributed by atoms with Gasteiger partial charge >= 0.3 is 0 Å². The maximum absolute atomic E-state index is 10.5. The fraction of sp³-hybridized carbons (Fsp3) is 0.455. The van der Waals surface area contributed by atoms with E-state index in [2.05, 4.69) is 18.7 Å². The summed E-state index contributed by atoms with van der Waals surface area (Å²) in [4.78, 5) is 2.21. The Hall–Kier alpha value is -2.24. The van der Waals surface area contributed by atoms with Crippen LogP contribution in [-0.2, 0) is 6.54 Å². The van der Waals surface area contributed by atoms with Crippen molar-refractivity contribution in [2.75, 3.05) is 27.4 Å². The minimum absolute atomic E-state index is 0.259. The van der Waals surface area contributed by atoms with Crippen LogP contribution in [0.3, 0.4) is 0 Å². The van der Waals surface area contributed by atoms with E-state index in [0.717, 1.165) is 28.4 Å². The van der Waals surface area contributed by atoms with Gasteiger partial charge < -0.3 is 19.3 Å². The number of para-hydroxylation sites is 1. The van der Waals surface area contributed by atoms with Gasteiger partial charge in [-0.1, -0.05) is 18.2 Å². The molecular formula is C22H31NO4. The van der Waals surface area contributed by atoms with Gasteiger partial charge in [0.05, 0.1) is 14.2 Å². The first kappa shape index (κ1) is 21.1. The van der Waals surface area contributed by atoms with E-state index in [1.165, 1.54) is 0 Å². The number of ether oxygens (including phenoxy) is 3. The standard InChI is InChI=1S/C22H31NO4/c1-16(2)23(13-18-10-20(25-4)12-21(11-18)26-5)14-19(24)15-27-22-9-7-6-8-17(22)3/h6-12,16,19,24H,13-15H2,1-5H3/t19-/m0/s1. The van der Waals surface area contributed by atoms with Gasteiger partial charge in [0.1, 0.15) is 30.0 Å². The van der Waals surface area contributed by atoms with Crippen LogP contribution in [0.15, 0.2) is 42.5 Å². The SMILES string of the molecule is COc1cc(CN(C[C@H](O)COc2ccccc2C)C(C)C)cc(OC)c1. The summed E-state index contributed by atoms with van der Waals surface area (Å²) in [7, 11) is 3.29. The Labute approximate surface area is 162 Å². The van der Waals surface area contributed by atoms with E-state index in [9.17, 15) is 5.11 Å². The van der Waals surface area contributed by atoms with Crippen LogP contribution < -0.4 is 14.2 Å². The molecule has 1 atom stereocenters. The highest BCUT2D eigenvalue weighted by molar-refractivity contribution is 5.38. The van der Waals surface area contributed by atoms with Gasteiger partial charge in [-0.2, -0.15) is 0 Å². The van der Waals surface area contributed by atoms with E-state index >= 15 is 0 Å². The molecule has 0 saturated heterocycles. The van der Waals surface area contributed by atoms with E-state index in [-0.39, 0.29) is 12.6 Å². The highest BCUT2D eigenvalue weighted by Gasteiger charge is 2.17. The van der Waals surface area contributed by atoms with Gasteiger partial charge in [-0.15, -0.1) is 0 Å². The number of methoxy groups -OCH3 is 2. The zero-order chi connectivity index (χ0) is 19.8. The first-order valence-electron chi connectivity index (χ1n) is 9.25. The van der Waals surface area contributed by atoms with Gasteiger partial charge in [-0.05, 0) is 50.1 Å². The highest BCUT2D eigenvalue weighted by Crippen LogP contribution is 2.24. The van der Waals surface area contributed by atoms with Crippen LogP contribution in [0.2, 0.25) is 0 Å². The van der Waals surface area contributed by atoms with E-state index in [4.69, 9.17) is 14.2 Å². The number of aliphatic hydroxyl groups excluding tert-OH is 1. The molecule has 0 radical (unpaired) electrons. The van der Waals surface area contributed by atoms with Crippen molar-refractivity contribution in [2.24, 2.45) is 0 Å². The lowest BCUT2D eigenvalue weighted by Crippen LogP contribution is -2.39. The molecule has 0 aromatic heterocycles. The Kier molecular flexibility index (Phi) is 7.95. The van der Waals surface area contributed by atoms with Gasteiger partial charge in [0.25, 0.3) is 0 Å². The third kappa shape index (κ3) is 6.45. The maximum atomic E-state index is 10.5. The smallest absolute Gasteiger partial charge is 0.122 e. The summed E-state index contributed by atoms with van der Waals surface area (Å²) < 4.78 is 16.5. The number of hydrogen-bond acceptors (Lipinski definition) is 5.